The number of carboxylic acids is 1. The number of anilines is 1. The number of aryl methyl sites for hydroxylation is 1. The molecule has 0 unspecified atom stereocenters. The Morgan fingerprint density at radius 2 is 1.91 bits per heavy atom. The number of carbonyl (C=O) groups is 1. The highest BCUT2D eigenvalue weighted by Crippen LogP contribution is 2.43. The summed E-state index contributed by atoms with van der Waals surface area (Å²) in [7, 11) is 0. The summed E-state index contributed by atoms with van der Waals surface area (Å²) in [5, 5.41) is 13.4. The van der Waals surface area contributed by atoms with Crippen LogP contribution in [0.1, 0.15) is 39.5 Å². The Kier molecular flexibility index (Phi) is 5.59. The van der Waals surface area contributed by atoms with Crippen molar-refractivity contribution in [3.63, 3.8) is 0 Å². The number of pyridine rings is 1. The van der Waals surface area contributed by atoms with Crippen LogP contribution in [0.25, 0.3) is 11.3 Å². The molecule has 0 saturated carbocycles. The monoisotopic (exact) mass is 473 g/mol. The van der Waals surface area contributed by atoms with Gasteiger partial charge < -0.3 is 19.7 Å². The molecule has 5 rings (SSSR count). The lowest BCUT2D eigenvalue weighted by atomic mass is 10.0. The van der Waals surface area contributed by atoms with Crippen LogP contribution in [0.2, 0.25) is 0 Å². The number of nitrogens with zero attached hydrogens (tertiary/aromatic N) is 2. The number of thiocarbonyl (C=S) groups is 1. The molecule has 3 heterocycles. The van der Waals surface area contributed by atoms with Gasteiger partial charge >= 0.3 is 5.97 Å². The van der Waals surface area contributed by atoms with Crippen LogP contribution in [0.15, 0.2) is 83.4 Å². The number of halogens is 1. The fourth-order valence-corrected chi connectivity index (χ4v) is 4.59. The lowest BCUT2D eigenvalue weighted by molar-refractivity contribution is 0.0697. The van der Waals surface area contributed by atoms with E-state index in [-0.39, 0.29) is 17.4 Å². The minimum atomic E-state index is -1.04. The molecule has 1 aliphatic rings. The lowest BCUT2D eigenvalue weighted by Gasteiger charge is -2.26. The molecule has 1 aliphatic heterocycles. The van der Waals surface area contributed by atoms with E-state index in [2.05, 4.69) is 10.3 Å². The smallest absolute Gasteiger partial charge is 0.336 e. The summed E-state index contributed by atoms with van der Waals surface area (Å²) in [4.78, 5) is 18.1. The minimum Gasteiger partial charge on any atom is -0.478 e. The minimum absolute atomic E-state index is 0.149. The third-order valence-corrected chi connectivity index (χ3v) is 6.17. The molecular weight excluding hydrogens is 453 g/mol. The van der Waals surface area contributed by atoms with Crippen LogP contribution < -0.4 is 10.2 Å². The van der Waals surface area contributed by atoms with Crippen molar-refractivity contribution < 1.29 is 18.7 Å². The van der Waals surface area contributed by atoms with Crippen LogP contribution in [-0.4, -0.2) is 21.2 Å². The molecule has 2 atom stereocenters. The Labute approximate surface area is 200 Å². The highest BCUT2D eigenvalue weighted by molar-refractivity contribution is 7.80. The van der Waals surface area contributed by atoms with Crippen LogP contribution >= 0.6 is 12.2 Å². The summed E-state index contributed by atoms with van der Waals surface area (Å²) >= 11 is 5.68. The van der Waals surface area contributed by atoms with Gasteiger partial charge in [-0.05, 0) is 73.2 Å². The van der Waals surface area contributed by atoms with Gasteiger partial charge in [-0.25, -0.2) is 9.18 Å². The first kappa shape index (κ1) is 21.8. The van der Waals surface area contributed by atoms with Gasteiger partial charge in [-0.1, -0.05) is 24.3 Å². The Morgan fingerprint density at radius 1 is 1.12 bits per heavy atom. The Balaban J connectivity index is 1.63. The van der Waals surface area contributed by atoms with Gasteiger partial charge in [0.25, 0.3) is 0 Å². The predicted molar refractivity (Wildman–Crippen MR) is 130 cm³/mol. The molecule has 8 heteroatoms. The van der Waals surface area contributed by atoms with Crippen molar-refractivity contribution in [1.82, 2.24) is 10.3 Å². The molecule has 0 amide bonds. The van der Waals surface area contributed by atoms with Crippen molar-refractivity contribution in [3.8, 4) is 11.3 Å². The summed E-state index contributed by atoms with van der Waals surface area (Å²) < 4.78 is 20.2. The van der Waals surface area contributed by atoms with Crippen molar-refractivity contribution >= 4 is 29.0 Å². The van der Waals surface area contributed by atoms with Gasteiger partial charge in [0.05, 0.1) is 17.3 Å². The summed E-state index contributed by atoms with van der Waals surface area (Å²) in [5.41, 5.74) is 2.60. The molecule has 2 N–H and O–H groups in total. The van der Waals surface area contributed by atoms with Crippen molar-refractivity contribution in [2.24, 2.45) is 0 Å². The number of rotatable bonds is 5. The number of nitrogens with one attached hydrogen (secondary N) is 1. The molecule has 2 aromatic heterocycles. The second-order valence-electron chi connectivity index (χ2n) is 7.98. The van der Waals surface area contributed by atoms with E-state index in [0.29, 0.717) is 33.4 Å². The van der Waals surface area contributed by atoms with E-state index in [4.69, 9.17) is 16.6 Å². The number of aromatic nitrogens is 1. The van der Waals surface area contributed by atoms with Crippen LogP contribution in [0.3, 0.4) is 0 Å². The summed E-state index contributed by atoms with van der Waals surface area (Å²) in [5.74, 6) is -0.335. The third kappa shape index (κ3) is 3.82. The number of aromatic carboxylic acids is 1. The summed E-state index contributed by atoms with van der Waals surface area (Å²) in [6, 6.07) is 19.9. The first-order valence-corrected chi connectivity index (χ1v) is 11.0. The van der Waals surface area contributed by atoms with Gasteiger partial charge in [0, 0.05) is 17.4 Å². The number of hydrogen-bond donors (Lipinski definition) is 2. The maximum atomic E-state index is 14.0. The normalized spacial score (nSPS) is 17.6. The van der Waals surface area contributed by atoms with Crippen molar-refractivity contribution in [2.75, 3.05) is 4.90 Å². The number of furan rings is 1. The van der Waals surface area contributed by atoms with Gasteiger partial charge in [0.2, 0.25) is 0 Å². The topological polar surface area (TPSA) is 78.6 Å². The average Bonchev–Trinajstić information content (AvgIpc) is 3.46. The Bertz CT molecular complexity index is 1390. The number of carboxylic acid groups (broad SMARTS) is 1. The Hall–Kier alpha value is -4.04. The first-order valence-electron chi connectivity index (χ1n) is 10.6. The van der Waals surface area contributed by atoms with Crippen LogP contribution in [-0.2, 0) is 0 Å². The standard InChI is InChI=1S/C26H20FN3O3S/c1-15-14-16(9-10-19(15)27)30-24(23(29-26(30)34)20-8-4-5-13-28-20)22-12-11-21(33-22)17-6-2-3-7-18(17)25(31)32/h2-14,23-24H,1H3,(H,29,34)(H,31,32)/t23-,24+/m1/s1. The predicted octanol–water partition coefficient (Wildman–Crippen LogP) is 5.66. The fraction of sp³-hybridized carbons (Fsp3) is 0.115. The SMILES string of the molecule is Cc1cc(N2C(=S)N[C@H](c3ccccn3)[C@@H]2c2ccc(-c3ccccc3C(=O)O)o2)ccc1F. The molecule has 0 radical (unpaired) electrons. The van der Waals surface area contributed by atoms with Gasteiger partial charge in [0.1, 0.15) is 23.4 Å². The zero-order valence-electron chi connectivity index (χ0n) is 18.1. The van der Waals surface area contributed by atoms with Crippen molar-refractivity contribution in [3.05, 3.63) is 107 Å². The molecule has 4 aromatic rings. The van der Waals surface area contributed by atoms with Gasteiger partial charge in [-0.15, -0.1) is 0 Å². The zero-order valence-corrected chi connectivity index (χ0v) is 18.9. The second-order valence-corrected chi connectivity index (χ2v) is 8.37. The van der Waals surface area contributed by atoms with E-state index in [1.54, 1.807) is 49.5 Å². The Morgan fingerprint density at radius 3 is 2.65 bits per heavy atom. The second kappa shape index (κ2) is 8.72. The fourth-order valence-electron chi connectivity index (χ4n) is 4.24. The third-order valence-electron chi connectivity index (χ3n) is 5.86. The largest absolute Gasteiger partial charge is 0.478 e. The lowest BCUT2D eigenvalue weighted by Crippen LogP contribution is -2.29. The first-order chi connectivity index (χ1) is 16.4. The average molecular weight is 474 g/mol. The number of hydrogen-bond acceptors (Lipinski definition) is 4. The van der Waals surface area contributed by atoms with Gasteiger partial charge in [-0.2, -0.15) is 0 Å². The van der Waals surface area contributed by atoms with E-state index >= 15 is 0 Å². The van der Waals surface area contributed by atoms with E-state index in [0.717, 1.165) is 5.69 Å². The molecule has 0 aliphatic carbocycles. The molecule has 2 aromatic carbocycles. The van der Waals surface area contributed by atoms with Crippen molar-refractivity contribution in [2.45, 2.75) is 19.0 Å². The van der Waals surface area contributed by atoms with Gasteiger partial charge in [0.15, 0.2) is 5.11 Å². The van der Waals surface area contributed by atoms with E-state index in [9.17, 15) is 14.3 Å². The van der Waals surface area contributed by atoms with E-state index < -0.39 is 12.0 Å². The summed E-state index contributed by atoms with van der Waals surface area (Å²) in [6.45, 7) is 1.70. The maximum Gasteiger partial charge on any atom is 0.336 e. The van der Waals surface area contributed by atoms with Crippen LogP contribution in [0.5, 0.6) is 0 Å². The maximum absolute atomic E-state index is 14.0. The number of benzene rings is 2. The van der Waals surface area contributed by atoms with Crippen LogP contribution in [0, 0.1) is 12.7 Å². The van der Waals surface area contributed by atoms with Crippen molar-refractivity contribution in [1.29, 1.82) is 0 Å². The molecular formula is C26H20FN3O3S. The van der Waals surface area contributed by atoms with Crippen LogP contribution in [0.4, 0.5) is 10.1 Å². The van der Waals surface area contributed by atoms with E-state index in [1.807, 2.05) is 29.2 Å². The van der Waals surface area contributed by atoms with Gasteiger partial charge in [-0.3, -0.25) is 4.98 Å². The molecule has 0 bridgehead atoms. The molecule has 1 saturated heterocycles. The molecule has 6 nitrogen and oxygen atoms in total. The quantitative estimate of drug-likeness (QED) is 0.362. The molecule has 170 valence electrons. The molecule has 1 fully saturated rings. The van der Waals surface area contributed by atoms with E-state index in [1.165, 1.54) is 12.1 Å². The molecule has 34 heavy (non-hydrogen) atoms. The highest BCUT2D eigenvalue weighted by atomic mass is 32.1. The molecule has 0 spiro atoms. The zero-order chi connectivity index (χ0) is 23.8. The summed E-state index contributed by atoms with van der Waals surface area (Å²) in [6.07, 6.45) is 1.71. The highest BCUT2D eigenvalue weighted by Gasteiger charge is 2.42.